The van der Waals surface area contributed by atoms with Gasteiger partial charge in [0.05, 0.1) is 7.11 Å². The predicted molar refractivity (Wildman–Crippen MR) is 65.1 cm³/mol. The van der Waals surface area contributed by atoms with E-state index in [-0.39, 0.29) is 19.0 Å². The lowest BCUT2D eigenvalue weighted by Gasteiger charge is -2.07. The minimum atomic E-state index is -0.859. The third kappa shape index (κ3) is 6.11. The first kappa shape index (κ1) is 15.7. The molecule has 17 heavy (non-hydrogen) atoms. The van der Waals surface area contributed by atoms with Gasteiger partial charge in [-0.1, -0.05) is 12.1 Å². The molecule has 0 heterocycles. The van der Waals surface area contributed by atoms with Gasteiger partial charge in [0.25, 0.3) is 0 Å². The third-order valence-corrected chi connectivity index (χ3v) is 1.95. The minimum Gasteiger partial charge on any atom is -0.482 e. The van der Waals surface area contributed by atoms with Gasteiger partial charge in [-0.3, -0.25) is 0 Å². The summed E-state index contributed by atoms with van der Waals surface area (Å²) < 4.78 is 9.59. The molecule has 0 aliphatic heterocycles. The van der Waals surface area contributed by atoms with Crippen LogP contribution in [0.3, 0.4) is 0 Å². The number of rotatable bonds is 5. The molecular weight excluding hydrogens is 246 g/mol. The van der Waals surface area contributed by atoms with E-state index in [2.05, 4.69) is 4.74 Å². The minimum absolute atomic E-state index is 0. The quantitative estimate of drug-likeness (QED) is 0.595. The van der Waals surface area contributed by atoms with Gasteiger partial charge in [0.2, 0.25) is 0 Å². The Hall–Kier alpha value is -1.30. The van der Waals surface area contributed by atoms with Gasteiger partial charge in [0.15, 0.2) is 6.61 Å². The molecule has 1 rings (SSSR count). The Bertz CT molecular complexity index is 340. The number of benzene rings is 1. The SMILES string of the molecule is COC(=O)COc1ccc(CC(N)O)cc1.Cl. The van der Waals surface area contributed by atoms with E-state index in [1.165, 1.54) is 7.11 Å². The Labute approximate surface area is 106 Å². The van der Waals surface area contributed by atoms with Crippen LogP contribution in [0.4, 0.5) is 0 Å². The zero-order valence-electron chi connectivity index (χ0n) is 9.46. The zero-order chi connectivity index (χ0) is 12.0. The van der Waals surface area contributed by atoms with Crippen LogP contribution >= 0.6 is 12.4 Å². The summed E-state index contributed by atoms with van der Waals surface area (Å²) in [6.07, 6.45) is -0.473. The fourth-order valence-corrected chi connectivity index (χ4v) is 1.16. The normalized spacial score (nSPS) is 11.2. The van der Waals surface area contributed by atoms with Crippen molar-refractivity contribution in [2.45, 2.75) is 12.6 Å². The van der Waals surface area contributed by atoms with Crippen LogP contribution in [0.5, 0.6) is 5.75 Å². The van der Waals surface area contributed by atoms with Gasteiger partial charge < -0.3 is 20.3 Å². The Morgan fingerprint density at radius 3 is 2.47 bits per heavy atom. The van der Waals surface area contributed by atoms with Gasteiger partial charge in [-0.15, -0.1) is 12.4 Å². The number of carbonyl (C=O) groups is 1. The van der Waals surface area contributed by atoms with Crippen molar-refractivity contribution in [2.24, 2.45) is 5.73 Å². The molecule has 3 N–H and O–H groups in total. The largest absolute Gasteiger partial charge is 0.482 e. The highest BCUT2D eigenvalue weighted by atomic mass is 35.5. The number of nitrogens with two attached hydrogens (primary N) is 1. The van der Waals surface area contributed by atoms with E-state index in [0.29, 0.717) is 12.2 Å². The first-order valence-corrected chi connectivity index (χ1v) is 4.84. The van der Waals surface area contributed by atoms with Gasteiger partial charge >= 0.3 is 5.97 Å². The van der Waals surface area contributed by atoms with E-state index in [4.69, 9.17) is 15.6 Å². The van der Waals surface area contributed by atoms with Crippen molar-refractivity contribution in [2.75, 3.05) is 13.7 Å². The summed E-state index contributed by atoms with van der Waals surface area (Å²) in [5.41, 5.74) is 6.15. The molecule has 1 aromatic rings. The Balaban J connectivity index is 0.00000256. The van der Waals surface area contributed by atoms with Gasteiger partial charge in [-0.2, -0.15) is 0 Å². The lowest BCUT2D eigenvalue weighted by atomic mass is 10.1. The second-order valence-corrected chi connectivity index (χ2v) is 3.28. The van der Waals surface area contributed by atoms with Crippen LogP contribution in [0.25, 0.3) is 0 Å². The van der Waals surface area contributed by atoms with E-state index in [1.54, 1.807) is 24.3 Å². The summed E-state index contributed by atoms with van der Waals surface area (Å²) in [6, 6.07) is 6.98. The monoisotopic (exact) mass is 261 g/mol. The summed E-state index contributed by atoms with van der Waals surface area (Å²) in [5.74, 6) is 0.141. The van der Waals surface area contributed by atoms with Gasteiger partial charge in [-0.05, 0) is 17.7 Å². The van der Waals surface area contributed by atoms with Crippen molar-refractivity contribution in [3.63, 3.8) is 0 Å². The van der Waals surface area contributed by atoms with E-state index in [1.807, 2.05) is 0 Å². The number of aliphatic hydroxyl groups is 1. The maximum absolute atomic E-state index is 10.8. The molecule has 0 spiro atoms. The second-order valence-electron chi connectivity index (χ2n) is 3.28. The summed E-state index contributed by atoms with van der Waals surface area (Å²) in [5, 5.41) is 8.97. The molecule has 5 nitrogen and oxygen atoms in total. The van der Waals surface area contributed by atoms with Crippen LogP contribution in [0.1, 0.15) is 5.56 Å². The van der Waals surface area contributed by atoms with Crippen molar-refractivity contribution in [3.8, 4) is 5.75 Å². The number of hydrogen-bond acceptors (Lipinski definition) is 5. The molecule has 6 heteroatoms. The molecule has 0 bridgehead atoms. The molecule has 1 aromatic carbocycles. The molecule has 0 amide bonds. The number of methoxy groups -OCH3 is 1. The van der Waals surface area contributed by atoms with Crippen LogP contribution in [0.2, 0.25) is 0 Å². The van der Waals surface area contributed by atoms with Crippen LogP contribution in [0, 0.1) is 0 Å². The molecule has 0 radical (unpaired) electrons. The third-order valence-electron chi connectivity index (χ3n) is 1.95. The van der Waals surface area contributed by atoms with E-state index in [0.717, 1.165) is 5.56 Å². The maximum Gasteiger partial charge on any atom is 0.343 e. The molecular formula is C11H16ClNO4. The van der Waals surface area contributed by atoms with Crippen molar-refractivity contribution in [1.82, 2.24) is 0 Å². The molecule has 0 aliphatic rings. The van der Waals surface area contributed by atoms with Crippen molar-refractivity contribution in [3.05, 3.63) is 29.8 Å². The summed E-state index contributed by atoms with van der Waals surface area (Å²) in [6.45, 7) is -0.116. The fraction of sp³-hybridized carbons (Fsp3) is 0.364. The van der Waals surface area contributed by atoms with Crippen LogP contribution < -0.4 is 10.5 Å². The standard InChI is InChI=1S/C11H15NO4.ClH/c1-15-11(14)7-16-9-4-2-8(3-5-9)6-10(12)13;/h2-5,10,13H,6-7,12H2,1H3;1H. The average Bonchev–Trinajstić information content (AvgIpc) is 2.27. The van der Waals surface area contributed by atoms with E-state index in [9.17, 15) is 4.79 Å². The Morgan fingerprint density at radius 2 is 2.00 bits per heavy atom. The highest BCUT2D eigenvalue weighted by Crippen LogP contribution is 2.12. The van der Waals surface area contributed by atoms with E-state index >= 15 is 0 Å². The molecule has 0 fully saturated rings. The molecule has 96 valence electrons. The fourth-order valence-electron chi connectivity index (χ4n) is 1.16. The zero-order valence-corrected chi connectivity index (χ0v) is 10.3. The van der Waals surface area contributed by atoms with Crippen molar-refractivity contribution in [1.29, 1.82) is 0 Å². The highest BCUT2D eigenvalue weighted by molar-refractivity contribution is 5.85. The lowest BCUT2D eigenvalue weighted by Crippen LogP contribution is -2.21. The van der Waals surface area contributed by atoms with Crippen molar-refractivity contribution < 1.29 is 19.4 Å². The number of hydrogen-bond donors (Lipinski definition) is 2. The van der Waals surface area contributed by atoms with Gasteiger partial charge in [0, 0.05) is 6.42 Å². The molecule has 0 aromatic heterocycles. The lowest BCUT2D eigenvalue weighted by molar-refractivity contribution is -0.142. The number of halogens is 1. The highest BCUT2D eigenvalue weighted by Gasteiger charge is 2.02. The van der Waals surface area contributed by atoms with Crippen LogP contribution in [-0.4, -0.2) is 31.0 Å². The second kappa shape index (κ2) is 7.89. The predicted octanol–water partition coefficient (Wildman–Crippen LogP) is 0.480. The number of esters is 1. The van der Waals surface area contributed by atoms with Crippen molar-refractivity contribution >= 4 is 18.4 Å². The van der Waals surface area contributed by atoms with Gasteiger partial charge in [0.1, 0.15) is 12.0 Å². The smallest absolute Gasteiger partial charge is 0.343 e. The van der Waals surface area contributed by atoms with Gasteiger partial charge in [-0.25, -0.2) is 4.79 Å². The topological polar surface area (TPSA) is 81.8 Å². The van der Waals surface area contributed by atoms with Crippen LogP contribution in [0.15, 0.2) is 24.3 Å². The summed E-state index contributed by atoms with van der Waals surface area (Å²) in [7, 11) is 1.30. The first-order valence-electron chi connectivity index (χ1n) is 4.84. The molecule has 0 aliphatic carbocycles. The molecule has 1 unspecified atom stereocenters. The average molecular weight is 262 g/mol. The van der Waals surface area contributed by atoms with Crippen LogP contribution in [-0.2, 0) is 16.0 Å². The summed E-state index contributed by atoms with van der Waals surface area (Å²) >= 11 is 0. The molecule has 0 saturated carbocycles. The first-order chi connectivity index (χ1) is 7.61. The Kier molecular flexibility index (Phi) is 7.29. The maximum atomic E-state index is 10.8. The van der Waals surface area contributed by atoms with E-state index < -0.39 is 12.2 Å². The number of ether oxygens (including phenoxy) is 2. The Morgan fingerprint density at radius 1 is 1.41 bits per heavy atom. The number of aliphatic hydroxyl groups excluding tert-OH is 1. The molecule has 0 saturated heterocycles. The number of carbonyl (C=O) groups excluding carboxylic acids is 1. The summed E-state index contributed by atoms with van der Waals surface area (Å²) in [4.78, 5) is 10.8. The molecule has 1 atom stereocenters.